The van der Waals surface area contributed by atoms with Crippen LogP contribution in [0.4, 0.5) is 5.82 Å². The summed E-state index contributed by atoms with van der Waals surface area (Å²) >= 11 is 0. The van der Waals surface area contributed by atoms with Gasteiger partial charge in [0.05, 0.1) is 5.69 Å². The van der Waals surface area contributed by atoms with E-state index in [1.165, 1.54) is 0 Å². The molecule has 0 amide bonds. The van der Waals surface area contributed by atoms with Crippen LogP contribution in [0.5, 0.6) is 11.5 Å². The number of nitrogens with two attached hydrogens (primary N) is 1. The molecular formula is C14H17N3O2. The van der Waals surface area contributed by atoms with Gasteiger partial charge in [-0.3, -0.25) is 4.68 Å². The first-order valence-electron chi connectivity index (χ1n) is 6.27. The molecule has 2 heterocycles. The first-order valence-corrected chi connectivity index (χ1v) is 6.27. The zero-order valence-corrected chi connectivity index (χ0v) is 11.4. The molecule has 0 unspecified atom stereocenters. The van der Waals surface area contributed by atoms with Crippen molar-refractivity contribution in [2.24, 2.45) is 7.05 Å². The number of ether oxygens (including phenoxy) is 2. The lowest BCUT2D eigenvalue weighted by atomic mass is 9.99. The molecule has 2 aromatic rings. The summed E-state index contributed by atoms with van der Waals surface area (Å²) in [6.45, 7) is 5.18. The molecular weight excluding hydrogens is 242 g/mol. The van der Waals surface area contributed by atoms with E-state index in [-0.39, 0.29) is 0 Å². The highest BCUT2D eigenvalue weighted by Crippen LogP contribution is 2.39. The van der Waals surface area contributed by atoms with Gasteiger partial charge in [0.1, 0.15) is 19.0 Å². The molecule has 2 N–H and O–H groups in total. The summed E-state index contributed by atoms with van der Waals surface area (Å²) in [6, 6.07) is 3.99. The number of aromatic nitrogens is 2. The maximum absolute atomic E-state index is 6.11. The molecule has 0 aliphatic carbocycles. The second kappa shape index (κ2) is 4.19. The Kier molecular flexibility index (Phi) is 2.62. The fourth-order valence-corrected chi connectivity index (χ4v) is 2.47. The molecule has 19 heavy (non-hydrogen) atoms. The van der Waals surface area contributed by atoms with E-state index >= 15 is 0 Å². The quantitative estimate of drug-likeness (QED) is 0.851. The summed E-state index contributed by atoms with van der Waals surface area (Å²) in [6.07, 6.45) is 0. The molecule has 1 aromatic heterocycles. The number of anilines is 1. The molecule has 100 valence electrons. The Morgan fingerprint density at radius 2 is 1.79 bits per heavy atom. The van der Waals surface area contributed by atoms with E-state index in [1.807, 2.05) is 33.0 Å². The summed E-state index contributed by atoms with van der Waals surface area (Å²) in [5.41, 5.74) is 10.1. The number of benzene rings is 1. The third-order valence-electron chi connectivity index (χ3n) is 3.43. The average molecular weight is 259 g/mol. The first-order chi connectivity index (χ1) is 9.08. The van der Waals surface area contributed by atoms with Crippen LogP contribution < -0.4 is 15.2 Å². The minimum Gasteiger partial charge on any atom is -0.486 e. The fraction of sp³-hybridized carbons (Fsp3) is 0.357. The highest BCUT2D eigenvalue weighted by atomic mass is 16.6. The predicted octanol–water partition coefficient (Wildman–Crippen LogP) is 2.06. The van der Waals surface area contributed by atoms with E-state index in [0.29, 0.717) is 19.0 Å². The second-order valence-corrected chi connectivity index (χ2v) is 4.78. The molecule has 5 nitrogen and oxygen atoms in total. The van der Waals surface area contributed by atoms with Crippen molar-refractivity contribution in [3.63, 3.8) is 0 Å². The molecule has 0 fully saturated rings. The van der Waals surface area contributed by atoms with Crippen LogP contribution in [0.3, 0.4) is 0 Å². The summed E-state index contributed by atoms with van der Waals surface area (Å²) in [5, 5.41) is 4.36. The molecule has 0 bridgehead atoms. The van der Waals surface area contributed by atoms with Crippen molar-refractivity contribution in [2.45, 2.75) is 13.8 Å². The second-order valence-electron chi connectivity index (χ2n) is 4.78. The van der Waals surface area contributed by atoms with Crippen molar-refractivity contribution in [3.8, 4) is 22.6 Å². The van der Waals surface area contributed by atoms with Gasteiger partial charge in [0.15, 0.2) is 11.5 Å². The number of aryl methyl sites for hydroxylation is 3. The van der Waals surface area contributed by atoms with E-state index in [2.05, 4.69) is 5.10 Å². The molecule has 1 aliphatic rings. The van der Waals surface area contributed by atoms with E-state index in [9.17, 15) is 0 Å². The summed E-state index contributed by atoms with van der Waals surface area (Å²) in [7, 11) is 1.85. The van der Waals surface area contributed by atoms with Gasteiger partial charge in [-0.15, -0.1) is 0 Å². The van der Waals surface area contributed by atoms with Crippen LogP contribution in [0.15, 0.2) is 12.1 Å². The Labute approximate surface area is 111 Å². The van der Waals surface area contributed by atoms with E-state index in [0.717, 1.165) is 33.9 Å². The van der Waals surface area contributed by atoms with Gasteiger partial charge in [-0.25, -0.2) is 0 Å². The third-order valence-corrected chi connectivity index (χ3v) is 3.43. The number of hydrogen-bond acceptors (Lipinski definition) is 4. The zero-order chi connectivity index (χ0) is 13.6. The molecule has 0 spiro atoms. The minimum absolute atomic E-state index is 0.580. The van der Waals surface area contributed by atoms with Crippen molar-refractivity contribution >= 4 is 5.82 Å². The average Bonchev–Trinajstić information content (AvgIpc) is 2.63. The molecule has 0 saturated heterocycles. The Morgan fingerprint density at radius 1 is 1.16 bits per heavy atom. The Bertz CT molecular complexity index is 647. The Morgan fingerprint density at radius 3 is 2.37 bits per heavy atom. The molecule has 1 aromatic carbocycles. The molecule has 0 atom stereocenters. The Hall–Kier alpha value is -2.17. The molecule has 3 rings (SSSR count). The highest BCUT2D eigenvalue weighted by molar-refractivity contribution is 5.80. The van der Waals surface area contributed by atoms with Gasteiger partial charge in [-0.1, -0.05) is 0 Å². The van der Waals surface area contributed by atoms with Crippen molar-refractivity contribution in [3.05, 3.63) is 23.4 Å². The normalized spacial score (nSPS) is 13.6. The molecule has 0 saturated carbocycles. The van der Waals surface area contributed by atoms with Crippen molar-refractivity contribution in [2.75, 3.05) is 18.9 Å². The van der Waals surface area contributed by atoms with Gasteiger partial charge < -0.3 is 15.2 Å². The van der Waals surface area contributed by atoms with Crippen molar-refractivity contribution in [1.29, 1.82) is 0 Å². The number of hydrogen-bond donors (Lipinski definition) is 1. The maximum Gasteiger partial charge on any atom is 0.162 e. The van der Waals surface area contributed by atoms with Gasteiger partial charge in [-0.05, 0) is 37.1 Å². The van der Waals surface area contributed by atoms with Crippen LogP contribution in [0, 0.1) is 13.8 Å². The van der Waals surface area contributed by atoms with E-state index in [1.54, 1.807) is 4.68 Å². The lowest BCUT2D eigenvalue weighted by Gasteiger charge is -2.20. The molecule has 1 aliphatic heterocycles. The zero-order valence-electron chi connectivity index (χ0n) is 11.4. The number of fused-ring (bicyclic) bond motifs is 1. The minimum atomic E-state index is 0.580. The summed E-state index contributed by atoms with van der Waals surface area (Å²) in [4.78, 5) is 0. The predicted molar refractivity (Wildman–Crippen MR) is 73.5 cm³/mol. The van der Waals surface area contributed by atoms with Crippen LogP contribution in [0.1, 0.15) is 11.3 Å². The van der Waals surface area contributed by atoms with Gasteiger partial charge in [0, 0.05) is 12.6 Å². The van der Waals surface area contributed by atoms with Crippen LogP contribution in [-0.4, -0.2) is 23.0 Å². The lowest BCUT2D eigenvalue weighted by molar-refractivity contribution is 0.171. The number of rotatable bonds is 1. The molecule has 0 radical (unpaired) electrons. The SMILES string of the molecule is Cc1cc2c(cc1-c1c(C)nn(C)c1N)OCCO2. The summed E-state index contributed by atoms with van der Waals surface area (Å²) < 4.78 is 12.9. The number of nitrogens with zero attached hydrogens (tertiary/aromatic N) is 2. The van der Waals surface area contributed by atoms with Crippen LogP contribution in [-0.2, 0) is 7.05 Å². The van der Waals surface area contributed by atoms with E-state index < -0.39 is 0 Å². The molecule has 5 heteroatoms. The fourth-order valence-electron chi connectivity index (χ4n) is 2.47. The van der Waals surface area contributed by atoms with Crippen LogP contribution >= 0.6 is 0 Å². The number of nitrogen functional groups attached to an aromatic ring is 1. The topological polar surface area (TPSA) is 62.3 Å². The van der Waals surface area contributed by atoms with E-state index in [4.69, 9.17) is 15.2 Å². The Balaban J connectivity index is 2.20. The standard InChI is InChI=1S/C14H17N3O2/c1-8-6-11-12(19-5-4-18-11)7-10(8)13-9(2)16-17(3)14(13)15/h6-7H,4-5,15H2,1-3H3. The maximum atomic E-state index is 6.11. The van der Waals surface area contributed by atoms with Gasteiger partial charge in [0.2, 0.25) is 0 Å². The van der Waals surface area contributed by atoms with Gasteiger partial charge in [0.25, 0.3) is 0 Å². The van der Waals surface area contributed by atoms with Gasteiger partial charge in [-0.2, -0.15) is 5.10 Å². The third kappa shape index (κ3) is 1.82. The summed E-state index contributed by atoms with van der Waals surface area (Å²) in [5.74, 6) is 2.24. The van der Waals surface area contributed by atoms with Crippen LogP contribution in [0.25, 0.3) is 11.1 Å². The lowest BCUT2D eigenvalue weighted by Crippen LogP contribution is -2.15. The largest absolute Gasteiger partial charge is 0.486 e. The highest BCUT2D eigenvalue weighted by Gasteiger charge is 2.19. The first kappa shape index (κ1) is 11.9. The van der Waals surface area contributed by atoms with Crippen LogP contribution in [0.2, 0.25) is 0 Å². The monoisotopic (exact) mass is 259 g/mol. The van der Waals surface area contributed by atoms with Gasteiger partial charge >= 0.3 is 0 Å². The van der Waals surface area contributed by atoms with Crippen molar-refractivity contribution < 1.29 is 9.47 Å². The smallest absolute Gasteiger partial charge is 0.162 e. The van der Waals surface area contributed by atoms with Crippen molar-refractivity contribution in [1.82, 2.24) is 9.78 Å².